The van der Waals surface area contributed by atoms with Gasteiger partial charge in [0.2, 0.25) is 5.91 Å². The number of benzene rings is 1. The lowest BCUT2D eigenvalue weighted by atomic mass is 9.90. The van der Waals surface area contributed by atoms with Crippen molar-refractivity contribution in [1.82, 2.24) is 15.2 Å². The minimum Gasteiger partial charge on any atom is -0.347 e. The highest BCUT2D eigenvalue weighted by molar-refractivity contribution is 7.11. The van der Waals surface area contributed by atoms with E-state index in [0.717, 1.165) is 42.4 Å². The molecule has 2 amide bonds. The molecule has 0 spiro atoms. The summed E-state index contributed by atoms with van der Waals surface area (Å²) in [6.45, 7) is 9.41. The molecule has 6 nitrogen and oxygen atoms in total. The van der Waals surface area contributed by atoms with Crippen LogP contribution in [-0.4, -0.2) is 47.9 Å². The van der Waals surface area contributed by atoms with E-state index in [1.165, 1.54) is 17.4 Å². The summed E-state index contributed by atoms with van der Waals surface area (Å²) in [7, 11) is 4.22. The third-order valence-corrected chi connectivity index (χ3v) is 6.88. The first kappa shape index (κ1) is 24.6. The molecule has 2 aromatic rings. The Morgan fingerprint density at radius 1 is 1.15 bits per heavy atom. The number of allylic oxidation sites excluding steroid dienone is 2. The first-order valence-electron chi connectivity index (χ1n) is 11.1. The van der Waals surface area contributed by atoms with Gasteiger partial charge < -0.3 is 15.5 Å². The Balaban J connectivity index is 1.76. The number of nitrogens with zero attached hydrogens (tertiary/aromatic N) is 2. The second-order valence-electron chi connectivity index (χ2n) is 8.51. The molecule has 0 bridgehead atoms. The Bertz CT molecular complexity index is 1060. The predicted octanol–water partition coefficient (Wildman–Crippen LogP) is 4.91. The zero-order chi connectivity index (χ0) is 24.0. The van der Waals surface area contributed by atoms with E-state index in [0.29, 0.717) is 22.4 Å². The number of anilines is 1. The maximum absolute atomic E-state index is 12.8. The summed E-state index contributed by atoms with van der Waals surface area (Å²) < 4.78 is 0. The highest BCUT2D eigenvalue weighted by Gasteiger charge is 2.24. The van der Waals surface area contributed by atoms with Crippen molar-refractivity contribution in [1.29, 1.82) is 0 Å². The fourth-order valence-electron chi connectivity index (χ4n) is 4.05. The van der Waals surface area contributed by atoms with E-state index in [2.05, 4.69) is 47.8 Å². The molecule has 1 aromatic carbocycles. The van der Waals surface area contributed by atoms with Crippen LogP contribution in [0.1, 0.15) is 52.3 Å². The Morgan fingerprint density at radius 2 is 1.88 bits per heavy atom. The second-order valence-corrected chi connectivity index (χ2v) is 9.37. The smallest absolute Gasteiger partial charge is 0.280 e. The van der Waals surface area contributed by atoms with Crippen LogP contribution in [0.4, 0.5) is 5.69 Å². The van der Waals surface area contributed by atoms with E-state index >= 15 is 0 Å². The fourth-order valence-corrected chi connectivity index (χ4v) is 4.78. The fraction of sp³-hybridized carbons (Fsp3) is 0.346. The first-order valence-corrected chi connectivity index (χ1v) is 12.0. The molecule has 0 radical (unpaired) electrons. The van der Waals surface area contributed by atoms with Gasteiger partial charge >= 0.3 is 0 Å². The van der Waals surface area contributed by atoms with Crippen LogP contribution in [0.25, 0.3) is 11.6 Å². The molecular weight excluding hydrogens is 432 g/mol. The topological polar surface area (TPSA) is 74.3 Å². The lowest BCUT2D eigenvalue weighted by Crippen LogP contribution is -2.41. The number of nitrogens with one attached hydrogen (secondary N) is 2. The van der Waals surface area contributed by atoms with Crippen molar-refractivity contribution in [2.75, 3.05) is 19.4 Å². The van der Waals surface area contributed by atoms with Gasteiger partial charge in [-0.3, -0.25) is 9.59 Å². The van der Waals surface area contributed by atoms with Crippen molar-refractivity contribution < 1.29 is 9.59 Å². The van der Waals surface area contributed by atoms with E-state index in [4.69, 9.17) is 0 Å². The maximum Gasteiger partial charge on any atom is 0.280 e. The van der Waals surface area contributed by atoms with Crippen molar-refractivity contribution in [3.05, 3.63) is 70.7 Å². The number of hydrogen-bond donors (Lipinski definition) is 2. The third kappa shape index (κ3) is 6.27. The number of carbonyl (C=O) groups is 2. The number of aromatic nitrogens is 1. The summed E-state index contributed by atoms with van der Waals surface area (Å²) in [6, 6.07) is 6.48. The number of rotatable bonds is 8. The zero-order valence-corrected chi connectivity index (χ0v) is 20.4. The molecular formula is C26H32N4O2S. The molecule has 2 N–H and O–H groups in total. The highest BCUT2D eigenvalue weighted by Crippen LogP contribution is 2.28. The summed E-state index contributed by atoms with van der Waals surface area (Å²) >= 11 is 1.33. The number of amides is 2. The summed E-state index contributed by atoms with van der Waals surface area (Å²) in [6.07, 6.45) is 9.03. The molecule has 174 valence electrons. The van der Waals surface area contributed by atoms with Crippen molar-refractivity contribution >= 4 is 40.5 Å². The molecule has 1 heterocycles. The van der Waals surface area contributed by atoms with Gasteiger partial charge in [-0.05, 0) is 70.5 Å². The monoisotopic (exact) mass is 464 g/mol. The number of hydrogen-bond acceptors (Lipinski definition) is 5. The van der Waals surface area contributed by atoms with Crippen LogP contribution in [0.15, 0.2) is 48.9 Å². The van der Waals surface area contributed by atoms with E-state index in [1.807, 2.05) is 36.6 Å². The van der Waals surface area contributed by atoms with Crippen molar-refractivity contribution in [3.63, 3.8) is 0 Å². The van der Waals surface area contributed by atoms with Gasteiger partial charge in [0.05, 0.1) is 5.69 Å². The average molecular weight is 465 g/mol. The normalized spacial score (nSPS) is 18.6. The maximum atomic E-state index is 12.8. The molecule has 1 aliphatic rings. The minimum absolute atomic E-state index is 0.127. The van der Waals surface area contributed by atoms with Gasteiger partial charge in [0.25, 0.3) is 5.91 Å². The largest absolute Gasteiger partial charge is 0.347 e. The molecule has 1 saturated carbocycles. The van der Waals surface area contributed by atoms with Crippen LogP contribution in [0, 0.1) is 6.92 Å². The van der Waals surface area contributed by atoms with E-state index in [-0.39, 0.29) is 17.9 Å². The third-order valence-electron chi connectivity index (χ3n) is 6.04. The highest BCUT2D eigenvalue weighted by atomic mass is 32.1. The lowest BCUT2D eigenvalue weighted by molar-refractivity contribution is -0.111. The summed E-state index contributed by atoms with van der Waals surface area (Å²) in [5.74, 6) is -0.402. The van der Waals surface area contributed by atoms with E-state index in [9.17, 15) is 9.59 Å². The SMILES string of the molecule is C=CC(=O)Nc1cccc(C)c1/C=C(\C=C)c1csc(C(=O)N[C@H]2CC[C@@H](N(C)C)CC2)n1. The molecule has 3 rings (SSSR count). The van der Waals surface area contributed by atoms with Gasteiger partial charge in [0.1, 0.15) is 0 Å². The average Bonchev–Trinajstić information content (AvgIpc) is 3.29. The quantitative estimate of drug-likeness (QED) is 0.430. The molecule has 7 heteroatoms. The number of carbonyl (C=O) groups excluding carboxylic acids is 2. The molecule has 1 aliphatic carbocycles. The number of aryl methyl sites for hydroxylation is 1. The van der Waals surface area contributed by atoms with Crippen LogP contribution >= 0.6 is 11.3 Å². The van der Waals surface area contributed by atoms with Crippen LogP contribution in [0.2, 0.25) is 0 Å². The molecule has 0 unspecified atom stereocenters. The van der Waals surface area contributed by atoms with Crippen molar-refractivity contribution in [3.8, 4) is 0 Å². The van der Waals surface area contributed by atoms with Crippen LogP contribution in [-0.2, 0) is 4.79 Å². The molecule has 1 fully saturated rings. The lowest BCUT2D eigenvalue weighted by Gasteiger charge is -2.32. The van der Waals surface area contributed by atoms with E-state index in [1.54, 1.807) is 6.08 Å². The first-order chi connectivity index (χ1) is 15.8. The van der Waals surface area contributed by atoms with Gasteiger partial charge in [-0.1, -0.05) is 31.4 Å². The van der Waals surface area contributed by atoms with Gasteiger partial charge in [-0.15, -0.1) is 11.3 Å². The zero-order valence-electron chi connectivity index (χ0n) is 19.6. The predicted molar refractivity (Wildman–Crippen MR) is 137 cm³/mol. The van der Waals surface area contributed by atoms with E-state index < -0.39 is 0 Å². The molecule has 0 atom stereocenters. The van der Waals surface area contributed by atoms with Gasteiger partial charge in [0.15, 0.2) is 5.01 Å². The van der Waals surface area contributed by atoms with Crippen LogP contribution < -0.4 is 10.6 Å². The van der Waals surface area contributed by atoms with Gasteiger partial charge in [-0.2, -0.15) is 0 Å². The standard InChI is InChI=1S/C26H32N4O2S/c1-6-18(15-21-17(3)9-8-10-22(21)28-24(31)7-2)23-16-33-26(29-23)25(32)27-19-11-13-20(14-12-19)30(4)5/h6-10,15-16,19-20H,1-2,11-14H2,3-5H3,(H,27,32)(H,28,31)/b18-15+/t19-,20+. The molecule has 33 heavy (non-hydrogen) atoms. The summed E-state index contributed by atoms with van der Waals surface area (Å²) in [4.78, 5) is 31.5. The van der Waals surface area contributed by atoms with Gasteiger partial charge in [0, 0.05) is 34.3 Å². The van der Waals surface area contributed by atoms with Crippen molar-refractivity contribution in [2.24, 2.45) is 0 Å². The van der Waals surface area contributed by atoms with Crippen LogP contribution in [0.5, 0.6) is 0 Å². The Morgan fingerprint density at radius 3 is 2.52 bits per heavy atom. The molecule has 1 aromatic heterocycles. The van der Waals surface area contributed by atoms with Crippen LogP contribution in [0.3, 0.4) is 0 Å². The Hall–Kier alpha value is -3.03. The Labute approximate surface area is 200 Å². The second kappa shape index (κ2) is 11.2. The summed E-state index contributed by atoms with van der Waals surface area (Å²) in [5, 5.41) is 8.30. The van der Waals surface area contributed by atoms with Gasteiger partial charge in [-0.25, -0.2) is 4.98 Å². The summed E-state index contributed by atoms with van der Waals surface area (Å²) in [5.41, 5.74) is 4.00. The number of thiazole rings is 1. The Kier molecular flexibility index (Phi) is 8.36. The minimum atomic E-state index is -0.275. The molecule has 0 saturated heterocycles. The van der Waals surface area contributed by atoms with Crippen molar-refractivity contribution in [2.45, 2.75) is 44.7 Å². The molecule has 0 aliphatic heterocycles.